The van der Waals surface area contributed by atoms with Crippen molar-refractivity contribution in [3.63, 3.8) is 0 Å². The molecule has 28 heavy (non-hydrogen) atoms. The highest BCUT2D eigenvalue weighted by atomic mass is 35.5. The Hall–Kier alpha value is -2.94. The molecule has 0 radical (unpaired) electrons. The molecule has 10 heteroatoms. The second-order valence-corrected chi connectivity index (χ2v) is 6.81. The topological polar surface area (TPSA) is 113 Å². The van der Waals surface area contributed by atoms with Crippen LogP contribution in [-0.2, 0) is 0 Å². The van der Waals surface area contributed by atoms with Crippen LogP contribution < -0.4 is 15.5 Å². The summed E-state index contributed by atoms with van der Waals surface area (Å²) in [4.78, 5) is 33.3. The second-order valence-electron chi connectivity index (χ2n) is 6.40. The molecule has 1 aliphatic heterocycles. The van der Waals surface area contributed by atoms with Crippen molar-refractivity contribution in [3.05, 3.63) is 51.3 Å². The molecule has 2 aromatic rings. The van der Waals surface area contributed by atoms with Gasteiger partial charge in [-0.05, 0) is 31.4 Å². The first kappa shape index (κ1) is 19.8. The molecule has 3 rings (SSSR count). The number of nitro benzene ring substituents is 1. The SMILES string of the molecule is O=C(NCCNc1ccc([N+](=O)[O-])cc1)c1nc(N2CCCCC2)ncc1Cl. The summed E-state index contributed by atoms with van der Waals surface area (Å²) in [6.45, 7) is 2.55. The molecule has 1 aliphatic rings. The van der Waals surface area contributed by atoms with Crippen molar-refractivity contribution in [1.29, 1.82) is 0 Å². The molecular weight excluding hydrogens is 384 g/mol. The van der Waals surface area contributed by atoms with Gasteiger partial charge >= 0.3 is 0 Å². The van der Waals surface area contributed by atoms with Crippen LogP contribution in [0.1, 0.15) is 29.8 Å². The average molecular weight is 405 g/mol. The van der Waals surface area contributed by atoms with Gasteiger partial charge in [0.2, 0.25) is 5.95 Å². The molecule has 2 heterocycles. The van der Waals surface area contributed by atoms with E-state index in [1.807, 2.05) is 0 Å². The van der Waals surface area contributed by atoms with E-state index >= 15 is 0 Å². The Balaban J connectivity index is 1.52. The maximum Gasteiger partial charge on any atom is 0.271 e. The molecule has 0 atom stereocenters. The molecule has 0 saturated carbocycles. The fourth-order valence-corrected chi connectivity index (χ4v) is 3.11. The van der Waals surface area contributed by atoms with Crippen LogP contribution in [0.4, 0.5) is 17.3 Å². The minimum absolute atomic E-state index is 0.0294. The van der Waals surface area contributed by atoms with Crippen molar-refractivity contribution in [2.75, 3.05) is 36.4 Å². The third-order valence-electron chi connectivity index (χ3n) is 4.40. The van der Waals surface area contributed by atoms with Crippen molar-refractivity contribution in [3.8, 4) is 0 Å². The lowest BCUT2D eigenvalue weighted by Crippen LogP contribution is -2.33. The predicted molar refractivity (Wildman–Crippen MR) is 107 cm³/mol. The highest BCUT2D eigenvalue weighted by Crippen LogP contribution is 2.19. The minimum atomic E-state index is -0.451. The number of rotatable bonds is 7. The van der Waals surface area contributed by atoms with E-state index in [0.717, 1.165) is 31.6 Å². The Kier molecular flexibility index (Phi) is 6.59. The van der Waals surface area contributed by atoms with Gasteiger partial charge in [-0.25, -0.2) is 9.97 Å². The number of hydrogen-bond acceptors (Lipinski definition) is 7. The van der Waals surface area contributed by atoms with E-state index in [4.69, 9.17) is 11.6 Å². The quantitative estimate of drug-likeness (QED) is 0.414. The Morgan fingerprint density at radius 3 is 2.57 bits per heavy atom. The van der Waals surface area contributed by atoms with Gasteiger partial charge in [-0.2, -0.15) is 0 Å². The number of non-ortho nitro benzene ring substituents is 1. The zero-order valence-electron chi connectivity index (χ0n) is 15.2. The van der Waals surface area contributed by atoms with Gasteiger partial charge in [0.25, 0.3) is 11.6 Å². The van der Waals surface area contributed by atoms with E-state index in [9.17, 15) is 14.9 Å². The fourth-order valence-electron chi connectivity index (χ4n) is 2.93. The van der Waals surface area contributed by atoms with Crippen LogP contribution in [0, 0.1) is 10.1 Å². The number of amides is 1. The molecule has 148 valence electrons. The summed E-state index contributed by atoms with van der Waals surface area (Å²) in [6.07, 6.45) is 4.82. The van der Waals surface area contributed by atoms with Crippen LogP contribution in [0.25, 0.3) is 0 Å². The lowest BCUT2D eigenvalue weighted by molar-refractivity contribution is -0.384. The molecule has 0 spiro atoms. The van der Waals surface area contributed by atoms with E-state index in [0.29, 0.717) is 19.0 Å². The summed E-state index contributed by atoms with van der Waals surface area (Å²) >= 11 is 6.10. The summed E-state index contributed by atoms with van der Waals surface area (Å²) in [7, 11) is 0. The number of anilines is 2. The van der Waals surface area contributed by atoms with E-state index in [1.54, 1.807) is 12.1 Å². The van der Waals surface area contributed by atoms with Crippen molar-refractivity contribution >= 4 is 34.8 Å². The van der Waals surface area contributed by atoms with Gasteiger partial charge in [-0.1, -0.05) is 11.6 Å². The minimum Gasteiger partial charge on any atom is -0.383 e. The van der Waals surface area contributed by atoms with Gasteiger partial charge in [0.15, 0.2) is 5.69 Å². The van der Waals surface area contributed by atoms with E-state index in [-0.39, 0.29) is 22.3 Å². The first-order valence-electron chi connectivity index (χ1n) is 9.08. The lowest BCUT2D eigenvalue weighted by Gasteiger charge is -2.26. The number of nitro groups is 1. The average Bonchev–Trinajstić information content (AvgIpc) is 2.72. The zero-order chi connectivity index (χ0) is 19.9. The monoisotopic (exact) mass is 404 g/mol. The van der Waals surface area contributed by atoms with E-state index in [2.05, 4.69) is 25.5 Å². The van der Waals surface area contributed by atoms with Gasteiger partial charge in [0.05, 0.1) is 16.1 Å². The molecule has 1 saturated heterocycles. The fraction of sp³-hybridized carbons (Fsp3) is 0.389. The van der Waals surface area contributed by atoms with Crippen LogP contribution in [0.3, 0.4) is 0 Å². The first-order chi connectivity index (χ1) is 13.5. The number of benzene rings is 1. The standard InChI is InChI=1S/C18H21ClN6O3/c19-15-12-22-18(24-10-2-1-3-11-24)23-16(15)17(26)21-9-8-20-13-4-6-14(7-5-13)25(27)28/h4-7,12,20H,1-3,8-11H2,(H,21,26). The summed E-state index contributed by atoms with van der Waals surface area (Å²) in [5, 5.41) is 16.7. The largest absolute Gasteiger partial charge is 0.383 e. The number of carbonyl (C=O) groups is 1. The lowest BCUT2D eigenvalue weighted by atomic mass is 10.1. The molecule has 0 aliphatic carbocycles. The summed E-state index contributed by atoms with van der Waals surface area (Å²) < 4.78 is 0. The maximum absolute atomic E-state index is 12.4. The van der Waals surface area contributed by atoms with Crippen LogP contribution in [-0.4, -0.2) is 47.0 Å². The normalized spacial score (nSPS) is 13.8. The van der Waals surface area contributed by atoms with Crippen molar-refractivity contribution in [2.24, 2.45) is 0 Å². The molecule has 0 unspecified atom stereocenters. The van der Waals surface area contributed by atoms with Crippen LogP contribution in [0.15, 0.2) is 30.5 Å². The van der Waals surface area contributed by atoms with E-state index in [1.165, 1.54) is 24.8 Å². The molecule has 9 nitrogen and oxygen atoms in total. The van der Waals surface area contributed by atoms with Gasteiger partial charge in [0, 0.05) is 44.0 Å². The number of carbonyl (C=O) groups excluding carboxylic acids is 1. The Bertz CT molecular complexity index is 840. The van der Waals surface area contributed by atoms with Gasteiger partial charge in [-0.15, -0.1) is 0 Å². The number of nitrogens with one attached hydrogen (secondary N) is 2. The van der Waals surface area contributed by atoms with Crippen molar-refractivity contribution < 1.29 is 9.72 Å². The Labute approximate surface area is 167 Å². The highest BCUT2D eigenvalue weighted by Gasteiger charge is 2.18. The number of halogens is 1. The Morgan fingerprint density at radius 1 is 1.18 bits per heavy atom. The molecular formula is C18H21ClN6O3. The molecule has 0 bridgehead atoms. The van der Waals surface area contributed by atoms with Gasteiger partial charge in [0.1, 0.15) is 0 Å². The molecule has 1 fully saturated rings. The summed E-state index contributed by atoms with van der Waals surface area (Å²) in [5.41, 5.74) is 0.918. The summed E-state index contributed by atoms with van der Waals surface area (Å²) in [6, 6.07) is 6.08. The molecule has 1 aromatic heterocycles. The second kappa shape index (κ2) is 9.32. The summed E-state index contributed by atoms with van der Waals surface area (Å²) in [5.74, 6) is 0.161. The Morgan fingerprint density at radius 2 is 1.89 bits per heavy atom. The maximum atomic E-state index is 12.4. The smallest absolute Gasteiger partial charge is 0.271 e. The van der Waals surface area contributed by atoms with Crippen molar-refractivity contribution in [1.82, 2.24) is 15.3 Å². The third kappa shape index (κ3) is 5.07. The zero-order valence-corrected chi connectivity index (χ0v) is 16.0. The molecule has 1 aromatic carbocycles. The van der Waals surface area contributed by atoms with Gasteiger partial charge in [-0.3, -0.25) is 14.9 Å². The number of hydrogen-bond donors (Lipinski definition) is 2. The molecule has 2 N–H and O–H groups in total. The van der Waals surface area contributed by atoms with Crippen LogP contribution in [0.5, 0.6) is 0 Å². The van der Waals surface area contributed by atoms with Crippen LogP contribution >= 0.6 is 11.6 Å². The van der Waals surface area contributed by atoms with E-state index < -0.39 is 4.92 Å². The number of aromatic nitrogens is 2. The number of nitrogens with zero attached hydrogens (tertiary/aromatic N) is 4. The van der Waals surface area contributed by atoms with Gasteiger partial charge < -0.3 is 15.5 Å². The first-order valence-corrected chi connectivity index (χ1v) is 9.46. The van der Waals surface area contributed by atoms with Crippen LogP contribution in [0.2, 0.25) is 5.02 Å². The number of piperidine rings is 1. The predicted octanol–water partition coefficient (Wildman–Crippen LogP) is 2.87. The highest BCUT2D eigenvalue weighted by molar-refractivity contribution is 6.33. The third-order valence-corrected chi connectivity index (χ3v) is 4.68. The molecule has 1 amide bonds. The van der Waals surface area contributed by atoms with Crippen molar-refractivity contribution in [2.45, 2.75) is 19.3 Å².